The van der Waals surface area contributed by atoms with Crippen LogP contribution in [0.1, 0.15) is 42.7 Å². The Morgan fingerprint density at radius 1 is 1.56 bits per heavy atom. The number of nitrogens with zero attached hydrogens (tertiary/aromatic N) is 1. The average Bonchev–Trinajstić information content (AvgIpc) is 2.76. The molecule has 2 rings (SSSR count). The van der Waals surface area contributed by atoms with Gasteiger partial charge in [0, 0.05) is 17.4 Å². The first-order valence-corrected chi connectivity index (χ1v) is 7.32. The molecule has 98 valence electrons. The molecule has 0 aliphatic carbocycles. The van der Waals surface area contributed by atoms with Crippen molar-refractivity contribution in [3.8, 4) is 0 Å². The number of likely N-dealkylation sites (tertiary alicyclic amines) is 1. The van der Waals surface area contributed by atoms with E-state index in [0.29, 0.717) is 18.3 Å². The van der Waals surface area contributed by atoms with Crippen LogP contribution >= 0.6 is 15.9 Å². The number of hydrogen-bond acceptors (Lipinski definition) is 2. The van der Waals surface area contributed by atoms with Gasteiger partial charge in [0.2, 0.25) is 0 Å². The minimum atomic E-state index is 0.305. The lowest BCUT2D eigenvalue weighted by Gasteiger charge is -2.16. The lowest BCUT2D eigenvalue weighted by Crippen LogP contribution is -2.13. The predicted molar refractivity (Wildman–Crippen MR) is 78.1 cm³/mol. The van der Waals surface area contributed by atoms with E-state index in [-0.39, 0.29) is 0 Å². The summed E-state index contributed by atoms with van der Waals surface area (Å²) in [5, 5.41) is 0. The molecule has 1 aromatic carbocycles. The van der Waals surface area contributed by atoms with E-state index in [4.69, 9.17) is 0 Å². The van der Waals surface area contributed by atoms with Crippen molar-refractivity contribution < 1.29 is 4.79 Å². The molecular formula is C15H20BrNO. The van der Waals surface area contributed by atoms with Gasteiger partial charge in [0.25, 0.3) is 0 Å². The number of halogens is 1. The molecule has 1 aromatic rings. The number of rotatable bonds is 4. The Hall–Kier alpha value is -0.670. The first-order valence-electron chi connectivity index (χ1n) is 6.53. The van der Waals surface area contributed by atoms with E-state index in [9.17, 15) is 4.79 Å². The molecule has 0 aromatic heterocycles. The molecule has 1 fully saturated rings. The molecule has 1 heterocycles. The second-order valence-corrected chi connectivity index (χ2v) is 6.19. The molecule has 0 N–H and O–H groups in total. The quantitative estimate of drug-likeness (QED) is 0.793. The molecule has 2 nitrogen and oxygen atoms in total. The van der Waals surface area contributed by atoms with Crippen LogP contribution < -0.4 is 0 Å². The van der Waals surface area contributed by atoms with Crippen LogP contribution in [0.2, 0.25) is 0 Å². The van der Waals surface area contributed by atoms with Crippen molar-refractivity contribution in [2.45, 2.75) is 31.6 Å². The van der Waals surface area contributed by atoms with E-state index in [1.54, 1.807) is 0 Å². The Bertz CT molecular complexity index is 433. The molecule has 1 aliphatic heterocycles. The van der Waals surface area contributed by atoms with Gasteiger partial charge in [0.15, 0.2) is 0 Å². The number of benzene rings is 1. The summed E-state index contributed by atoms with van der Waals surface area (Å²) in [5.74, 6) is 0.943. The molecule has 0 radical (unpaired) electrons. The zero-order valence-corrected chi connectivity index (χ0v) is 12.6. The van der Waals surface area contributed by atoms with Crippen LogP contribution in [0.4, 0.5) is 0 Å². The highest BCUT2D eigenvalue weighted by Crippen LogP contribution is 2.33. The molecule has 0 amide bonds. The van der Waals surface area contributed by atoms with Crippen molar-refractivity contribution in [1.29, 1.82) is 0 Å². The van der Waals surface area contributed by atoms with E-state index in [1.807, 2.05) is 0 Å². The van der Waals surface area contributed by atoms with E-state index in [0.717, 1.165) is 12.8 Å². The molecule has 0 saturated carbocycles. The minimum absolute atomic E-state index is 0.305. The van der Waals surface area contributed by atoms with E-state index in [1.165, 1.54) is 28.6 Å². The summed E-state index contributed by atoms with van der Waals surface area (Å²) in [4.78, 5) is 12.9. The number of hydrogen-bond donors (Lipinski definition) is 0. The van der Waals surface area contributed by atoms with Gasteiger partial charge >= 0.3 is 0 Å². The van der Waals surface area contributed by atoms with Gasteiger partial charge in [-0.25, -0.2) is 0 Å². The third kappa shape index (κ3) is 3.01. The van der Waals surface area contributed by atoms with Crippen LogP contribution in [-0.4, -0.2) is 31.3 Å². The summed E-state index contributed by atoms with van der Waals surface area (Å²) >= 11 is 3.69. The maximum atomic E-state index is 10.6. The van der Waals surface area contributed by atoms with Crippen molar-refractivity contribution in [3.05, 3.63) is 33.8 Å². The molecule has 18 heavy (non-hydrogen) atoms. The third-order valence-corrected chi connectivity index (χ3v) is 4.56. The summed E-state index contributed by atoms with van der Waals surface area (Å²) < 4.78 is 1.19. The molecule has 2 unspecified atom stereocenters. The van der Waals surface area contributed by atoms with Crippen molar-refractivity contribution in [3.63, 3.8) is 0 Å². The van der Waals surface area contributed by atoms with Crippen LogP contribution in [0.25, 0.3) is 0 Å². The summed E-state index contributed by atoms with van der Waals surface area (Å²) in [6, 6.07) is 6.58. The Morgan fingerprint density at radius 2 is 2.33 bits per heavy atom. The van der Waals surface area contributed by atoms with Crippen molar-refractivity contribution in [2.24, 2.45) is 0 Å². The van der Waals surface area contributed by atoms with Gasteiger partial charge in [-0.2, -0.15) is 0 Å². The zero-order valence-electron chi connectivity index (χ0n) is 11.0. The second-order valence-electron chi connectivity index (χ2n) is 5.33. The molecule has 3 heteroatoms. The summed E-state index contributed by atoms with van der Waals surface area (Å²) in [6.07, 6.45) is 2.83. The van der Waals surface area contributed by atoms with Crippen LogP contribution in [0.3, 0.4) is 0 Å². The first kappa shape index (κ1) is 13.8. The lowest BCUT2D eigenvalue weighted by molar-refractivity contribution is -0.108. The standard InChI is InChI=1S/C15H20BrNO/c1-11(6-8-18)12-3-4-14(15(16)9-12)13-5-7-17(2)10-13/h3-4,8-9,11,13H,5-7,10H2,1-2H3. The SMILES string of the molecule is CC(CC=O)c1ccc(C2CCN(C)C2)c(Br)c1. The zero-order chi connectivity index (χ0) is 13.1. The molecule has 1 aliphatic rings. The predicted octanol–water partition coefficient (Wildman–Crippen LogP) is 3.56. The fourth-order valence-electron chi connectivity index (χ4n) is 2.65. The van der Waals surface area contributed by atoms with Crippen molar-refractivity contribution in [1.82, 2.24) is 4.90 Å². The number of aldehydes is 1. The van der Waals surface area contributed by atoms with Crippen molar-refractivity contribution in [2.75, 3.05) is 20.1 Å². The Kier molecular flexibility index (Phi) is 4.57. The van der Waals surface area contributed by atoms with Crippen LogP contribution in [0, 0.1) is 0 Å². The Morgan fingerprint density at radius 3 is 2.89 bits per heavy atom. The molecule has 1 saturated heterocycles. The summed E-state index contributed by atoms with van der Waals surface area (Å²) in [7, 11) is 2.18. The summed E-state index contributed by atoms with van der Waals surface area (Å²) in [5.41, 5.74) is 2.64. The van der Waals surface area contributed by atoms with Gasteiger partial charge in [-0.05, 0) is 49.0 Å². The second kappa shape index (κ2) is 5.98. The number of likely N-dealkylation sites (N-methyl/N-ethyl adjacent to an activating group) is 1. The topological polar surface area (TPSA) is 20.3 Å². The minimum Gasteiger partial charge on any atom is -0.306 e. The van der Waals surface area contributed by atoms with E-state index >= 15 is 0 Å². The van der Waals surface area contributed by atoms with Crippen LogP contribution in [0.15, 0.2) is 22.7 Å². The average molecular weight is 310 g/mol. The maximum Gasteiger partial charge on any atom is 0.120 e. The highest BCUT2D eigenvalue weighted by atomic mass is 79.9. The lowest BCUT2D eigenvalue weighted by atomic mass is 9.93. The van der Waals surface area contributed by atoms with Gasteiger partial charge in [-0.15, -0.1) is 0 Å². The van der Waals surface area contributed by atoms with Crippen molar-refractivity contribution >= 4 is 22.2 Å². The Labute approximate surface area is 117 Å². The molecular weight excluding hydrogens is 290 g/mol. The fraction of sp³-hybridized carbons (Fsp3) is 0.533. The third-order valence-electron chi connectivity index (χ3n) is 3.87. The van der Waals surface area contributed by atoms with Gasteiger partial charge in [0.1, 0.15) is 6.29 Å². The van der Waals surface area contributed by atoms with Gasteiger partial charge in [0.05, 0.1) is 0 Å². The van der Waals surface area contributed by atoms with E-state index < -0.39 is 0 Å². The van der Waals surface area contributed by atoms with E-state index in [2.05, 4.69) is 53.0 Å². The normalized spacial score (nSPS) is 22.1. The summed E-state index contributed by atoms with van der Waals surface area (Å²) in [6.45, 7) is 4.42. The Balaban J connectivity index is 2.17. The molecule has 0 spiro atoms. The maximum absolute atomic E-state index is 10.6. The first-order chi connectivity index (χ1) is 8.61. The van der Waals surface area contributed by atoms with Gasteiger partial charge in [-0.1, -0.05) is 35.0 Å². The number of carbonyl (C=O) groups is 1. The van der Waals surface area contributed by atoms with Crippen LogP contribution in [-0.2, 0) is 4.79 Å². The largest absolute Gasteiger partial charge is 0.306 e. The highest BCUT2D eigenvalue weighted by molar-refractivity contribution is 9.10. The smallest absolute Gasteiger partial charge is 0.120 e. The van der Waals surface area contributed by atoms with Crippen LogP contribution in [0.5, 0.6) is 0 Å². The fourth-order valence-corrected chi connectivity index (χ4v) is 3.37. The molecule has 2 atom stereocenters. The monoisotopic (exact) mass is 309 g/mol. The van der Waals surface area contributed by atoms with Gasteiger partial charge in [-0.3, -0.25) is 0 Å². The highest BCUT2D eigenvalue weighted by Gasteiger charge is 2.23. The van der Waals surface area contributed by atoms with Gasteiger partial charge < -0.3 is 9.69 Å². The number of carbonyl (C=O) groups excluding carboxylic acids is 1. The molecule has 0 bridgehead atoms.